The Kier molecular flexibility index (Phi) is 4.53. The van der Waals surface area contributed by atoms with E-state index in [1.807, 2.05) is 67.7 Å². The van der Waals surface area contributed by atoms with Gasteiger partial charge in [0.25, 0.3) is 5.56 Å². The zero-order valence-corrected chi connectivity index (χ0v) is 15.5. The normalized spacial score (nSPS) is 10.8. The van der Waals surface area contributed by atoms with E-state index in [0.29, 0.717) is 16.2 Å². The van der Waals surface area contributed by atoms with Gasteiger partial charge in [0, 0.05) is 11.8 Å². The van der Waals surface area contributed by atoms with E-state index in [0.717, 1.165) is 22.4 Å². The maximum absolute atomic E-state index is 13.3. The van der Waals surface area contributed by atoms with Crippen LogP contribution in [0.1, 0.15) is 5.56 Å². The Balaban J connectivity index is 2.00. The van der Waals surface area contributed by atoms with Gasteiger partial charge in [0.2, 0.25) is 0 Å². The summed E-state index contributed by atoms with van der Waals surface area (Å²) in [5.74, 6) is 0.217. The quantitative estimate of drug-likeness (QED) is 0.428. The summed E-state index contributed by atoms with van der Waals surface area (Å²) < 4.78 is 1.57. The molecule has 0 aliphatic heterocycles. The van der Waals surface area contributed by atoms with Gasteiger partial charge in [-0.1, -0.05) is 54.2 Å². The number of nitrogens with zero attached hydrogens (tertiary/aromatic N) is 3. The molecule has 5 nitrogen and oxygen atoms in total. The van der Waals surface area contributed by atoms with Crippen LogP contribution in [0.15, 0.2) is 70.7 Å². The van der Waals surface area contributed by atoms with Crippen molar-refractivity contribution < 1.29 is 0 Å². The fourth-order valence-electron chi connectivity index (χ4n) is 3.07. The molecule has 0 amide bonds. The monoisotopic (exact) mass is 372 g/mol. The maximum atomic E-state index is 13.3. The van der Waals surface area contributed by atoms with Gasteiger partial charge in [-0.3, -0.25) is 9.36 Å². The van der Waals surface area contributed by atoms with E-state index in [1.165, 1.54) is 11.8 Å². The van der Waals surface area contributed by atoms with Crippen molar-refractivity contribution in [2.45, 2.75) is 12.1 Å². The molecular formula is C21H16N4OS. The average molecular weight is 372 g/mol. The van der Waals surface area contributed by atoms with Gasteiger partial charge in [-0.15, -0.1) is 0 Å². The molecule has 0 aliphatic carbocycles. The topological polar surface area (TPSA) is 74.5 Å². The summed E-state index contributed by atoms with van der Waals surface area (Å²) >= 11 is 1.26. The van der Waals surface area contributed by atoms with Crippen LogP contribution < -0.4 is 5.56 Å². The number of hydrogen-bond acceptors (Lipinski definition) is 4. The van der Waals surface area contributed by atoms with E-state index < -0.39 is 0 Å². The minimum absolute atomic E-state index is 0.173. The zero-order valence-electron chi connectivity index (χ0n) is 14.6. The first-order valence-electron chi connectivity index (χ1n) is 8.45. The predicted octanol–water partition coefficient (Wildman–Crippen LogP) is 4.30. The molecule has 0 bridgehead atoms. The highest BCUT2D eigenvalue weighted by atomic mass is 32.2. The molecule has 0 aliphatic rings. The third kappa shape index (κ3) is 3.14. The molecule has 0 saturated carbocycles. The second-order valence-electron chi connectivity index (χ2n) is 6.11. The molecule has 0 saturated heterocycles. The Labute approximate surface area is 160 Å². The number of aromatic nitrogens is 3. The number of benzene rings is 2. The van der Waals surface area contributed by atoms with Crippen LogP contribution >= 0.6 is 11.8 Å². The standard InChI is InChI=1S/C21H16N4OS/c1-14-6-5-9-16(12-14)25-20(26)19-18(24-21(25)27-11-10-22)17(13-23-19)15-7-3-2-4-8-15/h2-9,12-13,23H,11H2,1H3. The Morgan fingerprint density at radius 2 is 2.00 bits per heavy atom. The van der Waals surface area contributed by atoms with E-state index in [4.69, 9.17) is 10.2 Å². The highest BCUT2D eigenvalue weighted by molar-refractivity contribution is 7.99. The molecule has 0 radical (unpaired) electrons. The molecule has 0 atom stereocenters. The van der Waals surface area contributed by atoms with Crippen molar-refractivity contribution in [1.29, 1.82) is 5.26 Å². The molecule has 6 heteroatoms. The lowest BCUT2D eigenvalue weighted by molar-refractivity contribution is 0.818. The van der Waals surface area contributed by atoms with E-state index in [2.05, 4.69) is 11.1 Å². The van der Waals surface area contributed by atoms with Crippen molar-refractivity contribution in [3.8, 4) is 22.9 Å². The molecule has 27 heavy (non-hydrogen) atoms. The second kappa shape index (κ2) is 7.14. The van der Waals surface area contributed by atoms with Gasteiger partial charge in [-0.05, 0) is 30.2 Å². The molecule has 0 spiro atoms. The van der Waals surface area contributed by atoms with Gasteiger partial charge in [-0.2, -0.15) is 5.26 Å². The van der Waals surface area contributed by atoms with Crippen LogP contribution in [-0.2, 0) is 0 Å². The van der Waals surface area contributed by atoms with Gasteiger partial charge < -0.3 is 4.98 Å². The van der Waals surface area contributed by atoms with Crippen LogP contribution in [0, 0.1) is 18.3 Å². The first-order valence-corrected chi connectivity index (χ1v) is 9.44. The van der Waals surface area contributed by atoms with Gasteiger partial charge in [0.1, 0.15) is 11.0 Å². The second-order valence-corrected chi connectivity index (χ2v) is 7.06. The molecule has 1 N–H and O–H groups in total. The Bertz CT molecular complexity index is 1220. The first kappa shape index (κ1) is 17.1. The highest BCUT2D eigenvalue weighted by Crippen LogP contribution is 2.28. The lowest BCUT2D eigenvalue weighted by Gasteiger charge is -2.12. The Morgan fingerprint density at radius 1 is 1.19 bits per heavy atom. The molecule has 4 aromatic rings. The molecule has 0 fully saturated rings. The van der Waals surface area contributed by atoms with Crippen LogP contribution in [0.2, 0.25) is 0 Å². The molecule has 2 heterocycles. The maximum Gasteiger partial charge on any atom is 0.283 e. The van der Waals surface area contributed by atoms with Crippen molar-refractivity contribution in [1.82, 2.24) is 14.5 Å². The summed E-state index contributed by atoms with van der Waals surface area (Å²) in [6, 6.07) is 19.6. The van der Waals surface area contributed by atoms with E-state index in [1.54, 1.807) is 4.57 Å². The molecule has 2 aromatic carbocycles. The fourth-order valence-corrected chi connectivity index (χ4v) is 3.73. The third-order valence-electron chi connectivity index (χ3n) is 4.28. The van der Waals surface area contributed by atoms with Gasteiger partial charge in [-0.25, -0.2) is 4.98 Å². The van der Waals surface area contributed by atoms with Crippen LogP contribution in [0.4, 0.5) is 0 Å². The minimum atomic E-state index is -0.173. The van der Waals surface area contributed by atoms with E-state index >= 15 is 0 Å². The summed E-state index contributed by atoms with van der Waals surface area (Å²) in [6.07, 6.45) is 1.81. The van der Waals surface area contributed by atoms with Gasteiger partial charge in [0.15, 0.2) is 5.16 Å². The van der Waals surface area contributed by atoms with E-state index in [9.17, 15) is 4.79 Å². The fraction of sp³-hybridized carbons (Fsp3) is 0.0952. The molecule has 2 aromatic heterocycles. The molecule has 0 unspecified atom stereocenters. The van der Waals surface area contributed by atoms with Crippen molar-refractivity contribution in [2.24, 2.45) is 0 Å². The SMILES string of the molecule is Cc1cccc(-n2c(SCC#N)nc3c(-c4ccccc4)c[nH]c3c2=O)c1. The number of nitriles is 1. The number of thioether (sulfide) groups is 1. The van der Waals surface area contributed by atoms with Crippen LogP contribution in [-0.4, -0.2) is 20.3 Å². The molecule has 4 rings (SSSR count). The van der Waals surface area contributed by atoms with Crippen molar-refractivity contribution in [2.75, 3.05) is 5.75 Å². The number of H-pyrrole nitrogens is 1. The Hall–Kier alpha value is -3.30. The number of aryl methyl sites for hydroxylation is 1. The van der Waals surface area contributed by atoms with Crippen molar-refractivity contribution in [3.63, 3.8) is 0 Å². The smallest absolute Gasteiger partial charge is 0.283 e. The van der Waals surface area contributed by atoms with Gasteiger partial charge in [0.05, 0.1) is 17.5 Å². The van der Waals surface area contributed by atoms with Crippen LogP contribution in [0.3, 0.4) is 0 Å². The molecular weight excluding hydrogens is 356 g/mol. The average Bonchev–Trinajstić information content (AvgIpc) is 3.11. The first-order chi connectivity index (χ1) is 13.2. The largest absolute Gasteiger partial charge is 0.355 e. The van der Waals surface area contributed by atoms with E-state index in [-0.39, 0.29) is 11.3 Å². The Morgan fingerprint density at radius 3 is 2.74 bits per heavy atom. The lowest BCUT2D eigenvalue weighted by atomic mass is 10.1. The van der Waals surface area contributed by atoms with Crippen molar-refractivity contribution >= 4 is 22.8 Å². The number of fused-ring (bicyclic) bond motifs is 1. The number of aromatic amines is 1. The van der Waals surface area contributed by atoms with Crippen molar-refractivity contribution in [3.05, 3.63) is 76.7 Å². The summed E-state index contributed by atoms with van der Waals surface area (Å²) in [6.45, 7) is 1.98. The number of rotatable bonds is 4. The van der Waals surface area contributed by atoms with Crippen LogP contribution in [0.25, 0.3) is 27.8 Å². The third-order valence-corrected chi connectivity index (χ3v) is 5.08. The summed E-state index contributed by atoms with van der Waals surface area (Å²) in [7, 11) is 0. The summed E-state index contributed by atoms with van der Waals surface area (Å²) in [4.78, 5) is 21.1. The lowest BCUT2D eigenvalue weighted by Crippen LogP contribution is -2.22. The van der Waals surface area contributed by atoms with Gasteiger partial charge >= 0.3 is 0 Å². The predicted molar refractivity (Wildman–Crippen MR) is 108 cm³/mol. The summed E-state index contributed by atoms with van der Waals surface area (Å²) in [5.41, 5.74) is 4.55. The number of nitrogens with one attached hydrogen (secondary N) is 1. The molecule has 132 valence electrons. The summed E-state index contributed by atoms with van der Waals surface area (Å²) in [5, 5.41) is 9.53. The zero-order chi connectivity index (χ0) is 18.8. The van der Waals surface area contributed by atoms with Crippen LogP contribution in [0.5, 0.6) is 0 Å². The minimum Gasteiger partial charge on any atom is -0.355 e. The number of hydrogen-bond donors (Lipinski definition) is 1. The highest BCUT2D eigenvalue weighted by Gasteiger charge is 2.17.